The van der Waals surface area contributed by atoms with Gasteiger partial charge in [0, 0.05) is 6.54 Å². The van der Waals surface area contributed by atoms with Gasteiger partial charge in [0.15, 0.2) is 0 Å². The molecular weight excluding hydrogens is 240 g/mol. The maximum Gasteiger partial charge on any atom is 0.237 e. The molecule has 1 rings (SSSR count). The molecule has 0 spiro atoms. The molecule has 4 nitrogen and oxygen atoms in total. The number of hydrogen-bond acceptors (Lipinski definition) is 3. The van der Waals surface area contributed by atoms with Crippen LogP contribution in [-0.2, 0) is 11.3 Å². The predicted octanol–water partition coefficient (Wildman–Crippen LogP) is 2.22. The zero-order chi connectivity index (χ0) is 14.1. The topological polar surface area (TPSA) is 64.3 Å². The molecule has 19 heavy (non-hydrogen) atoms. The lowest BCUT2D eigenvalue weighted by Crippen LogP contribution is -2.40. The van der Waals surface area contributed by atoms with Crippen molar-refractivity contribution in [1.29, 1.82) is 0 Å². The van der Waals surface area contributed by atoms with E-state index in [1.54, 1.807) is 0 Å². The maximum absolute atomic E-state index is 11.7. The molecule has 0 aromatic heterocycles. The van der Waals surface area contributed by atoms with E-state index < -0.39 is 6.04 Å². The average molecular weight is 264 g/mol. The van der Waals surface area contributed by atoms with Gasteiger partial charge < -0.3 is 15.8 Å². The van der Waals surface area contributed by atoms with Gasteiger partial charge in [0.25, 0.3) is 0 Å². The van der Waals surface area contributed by atoms with Gasteiger partial charge in [0.05, 0.1) is 12.6 Å². The van der Waals surface area contributed by atoms with E-state index >= 15 is 0 Å². The minimum Gasteiger partial charge on any atom is -0.494 e. The Hall–Kier alpha value is -1.55. The summed E-state index contributed by atoms with van der Waals surface area (Å²) in [6.07, 6.45) is 2.63. The third kappa shape index (κ3) is 5.75. The summed E-state index contributed by atoms with van der Waals surface area (Å²) in [5, 5.41) is 2.84. The Kier molecular flexibility index (Phi) is 6.97. The van der Waals surface area contributed by atoms with Crippen molar-refractivity contribution in [3.63, 3.8) is 0 Å². The molecule has 0 saturated carbocycles. The van der Waals surface area contributed by atoms with Gasteiger partial charge in [-0.1, -0.05) is 32.4 Å². The van der Waals surface area contributed by atoms with Gasteiger partial charge in [0.2, 0.25) is 5.91 Å². The van der Waals surface area contributed by atoms with Crippen LogP contribution in [0.2, 0.25) is 0 Å². The van der Waals surface area contributed by atoms with Crippen LogP contribution in [-0.4, -0.2) is 18.6 Å². The Morgan fingerprint density at radius 1 is 1.26 bits per heavy atom. The van der Waals surface area contributed by atoms with E-state index in [1.807, 2.05) is 31.2 Å². The standard InChI is InChI=1S/C15H24N2O2/c1-3-5-14(16)15(18)17-11-12-6-8-13(9-7-12)19-10-4-2/h6-9,14H,3-5,10-11,16H2,1-2H3,(H,17,18). The highest BCUT2D eigenvalue weighted by atomic mass is 16.5. The number of benzene rings is 1. The molecule has 1 aromatic carbocycles. The van der Waals surface area contributed by atoms with E-state index in [2.05, 4.69) is 12.2 Å². The van der Waals surface area contributed by atoms with Crippen LogP contribution >= 0.6 is 0 Å². The van der Waals surface area contributed by atoms with Crippen molar-refractivity contribution in [2.24, 2.45) is 5.73 Å². The number of nitrogens with two attached hydrogens (primary N) is 1. The third-order valence-corrected chi connectivity index (χ3v) is 2.80. The van der Waals surface area contributed by atoms with E-state index in [9.17, 15) is 4.79 Å². The summed E-state index contributed by atoms with van der Waals surface area (Å²) in [6, 6.07) is 7.34. The molecule has 1 atom stereocenters. The highest BCUT2D eigenvalue weighted by molar-refractivity contribution is 5.81. The number of nitrogens with one attached hydrogen (secondary N) is 1. The van der Waals surface area contributed by atoms with Crippen molar-refractivity contribution in [2.75, 3.05) is 6.61 Å². The van der Waals surface area contributed by atoms with Crippen LogP contribution in [0, 0.1) is 0 Å². The monoisotopic (exact) mass is 264 g/mol. The highest BCUT2D eigenvalue weighted by Crippen LogP contribution is 2.12. The molecule has 0 fully saturated rings. The fourth-order valence-electron chi connectivity index (χ4n) is 1.69. The second-order valence-electron chi connectivity index (χ2n) is 4.61. The van der Waals surface area contributed by atoms with E-state index in [0.29, 0.717) is 6.54 Å². The van der Waals surface area contributed by atoms with Crippen molar-refractivity contribution in [1.82, 2.24) is 5.32 Å². The van der Waals surface area contributed by atoms with E-state index in [0.717, 1.165) is 37.2 Å². The first-order valence-electron chi connectivity index (χ1n) is 6.92. The summed E-state index contributed by atoms with van der Waals surface area (Å²) >= 11 is 0. The van der Waals surface area contributed by atoms with Crippen molar-refractivity contribution in [3.05, 3.63) is 29.8 Å². The van der Waals surface area contributed by atoms with E-state index in [-0.39, 0.29) is 5.91 Å². The Labute approximate surface area is 115 Å². The first kappa shape index (κ1) is 15.5. The van der Waals surface area contributed by atoms with Crippen LogP contribution < -0.4 is 15.8 Å². The fourth-order valence-corrected chi connectivity index (χ4v) is 1.69. The van der Waals surface area contributed by atoms with Crippen LogP contribution in [0.5, 0.6) is 5.75 Å². The summed E-state index contributed by atoms with van der Waals surface area (Å²) in [7, 11) is 0. The lowest BCUT2D eigenvalue weighted by atomic mass is 10.1. The van der Waals surface area contributed by atoms with Gasteiger partial charge in [-0.05, 0) is 30.5 Å². The van der Waals surface area contributed by atoms with Crippen LogP contribution in [0.3, 0.4) is 0 Å². The first-order valence-corrected chi connectivity index (χ1v) is 6.92. The third-order valence-electron chi connectivity index (χ3n) is 2.80. The molecule has 0 aliphatic heterocycles. The maximum atomic E-state index is 11.7. The Bertz CT molecular complexity index is 376. The van der Waals surface area contributed by atoms with Crippen LogP contribution in [0.1, 0.15) is 38.7 Å². The van der Waals surface area contributed by atoms with Crippen molar-refractivity contribution in [3.8, 4) is 5.75 Å². The van der Waals surface area contributed by atoms with Gasteiger partial charge in [0.1, 0.15) is 5.75 Å². The molecule has 1 unspecified atom stereocenters. The zero-order valence-corrected chi connectivity index (χ0v) is 11.8. The Morgan fingerprint density at radius 2 is 1.95 bits per heavy atom. The number of amides is 1. The predicted molar refractivity (Wildman–Crippen MR) is 77.0 cm³/mol. The second-order valence-corrected chi connectivity index (χ2v) is 4.61. The summed E-state index contributed by atoms with van der Waals surface area (Å²) < 4.78 is 5.50. The summed E-state index contributed by atoms with van der Waals surface area (Å²) in [5.74, 6) is 0.771. The lowest BCUT2D eigenvalue weighted by molar-refractivity contribution is -0.122. The van der Waals surface area contributed by atoms with Gasteiger partial charge in [-0.25, -0.2) is 0 Å². The zero-order valence-electron chi connectivity index (χ0n) is 11.8. The molecule has 3 N–H and O–H groups in total. The molecule has 1 aromatic rings. The molecule has 0 radical (unpaired) electrons. The van der Waals surface area contributed by atoms with Crippen LogP contribution in [0.4, 0.5) is 0 Å². The van der Waals surface area contributed by atoms with Crippen molar-refractivity contribution >= 4 is 5.91 Å². The van der Waals surface area contributed by atoms with Gasteiger partial charge >= 0.3 is 0 Å². The Morgan fingerprint density at radius 3 is 2.53 bits per heavy atom. The average Bonchev–Trinajstić information content (AvgIpc) is 2.43. The van der Waals surface area contributed by atoms with E-state index in [4.69, 9.17) is 10.5 Å². The smallest absolute Gasteiger partial charge is 0.237 e. The summed E-state index contributed by atoms with van der Waals surface area (Å²) in [5.41, 5.74) is 6.78. The lowest BCUT2D eigenvalue weighted by Gasteiger charge is -2.11. The molecule has 0 saturated heterocycles. The molecule has 4 heteroatoms. The fraction of sp³-hybridized carbons (Fsp3) is 0.533. The summed E-state index contributed by atoms with van der Waals surface area (Å²) in [6.45, 7) is 5.32. The van der Waals surface area contributed by atoms with E-state index in [1.165, 1.54) is 0 Å². The molecule has 1 amide bonds. The molecule has 0 heterocycles. The quantitative estimate of drug-likeness (QED) is 0.756. The Balaban J connectivity index is 2.39. The molecule has 0 aliphatic rings. The minimum absolute atomic E-state index is 0.0897. The second kappa shape index (κ2) is 8.53. The summed E-state index contributed by atoms with van der Waals surface area (Å²) in [4.78, 5) is 11.7. The molecule has 0 bridgehead atoms. The SMILES string of the molecule is CCCOc1ccc(CNC(=O)C(N)CCC)cc1. The largest absolute Gasteiger partial charge is 0.494 e. The highest BCUT2D eigenvalue weighted by Gasteiger charge is 2.11. The number of rotatable bonds is 8. The molecular formula is C15H24N2O2. The van der Waals surface area contributed by atoms with Crippen LogP contribution in [0.25, 0.3) is 0 Å². The number of carbonyl (C=O) groups is 1. The molecule has 0 aliphatic carbocycles. The number of ether oxygens (including phenoxy) is 1. The van der Waals surface area contributed by atoms with Crippen molar-refractivity contribution in [2.45, 2.75) is 45.7 Å². The van der Waals surface area contributed by atoms with Gasteiger partial charge in [-0.2, -0.15) is 0 Å². The number of hydrogen-bond donors (Lipinski definition) is 2. The number of carbonyl (C=O) groups excluding carboxylic acids is 1. The van der Waals surface area contributed by atoms with Crippen molar-refractivity contribution < 1.29 is 9.53 Å². The van der Waals surface area contributed by atoms with Gasteiger partial charge in [-0.15, -0.1) is 0 Å². The first-order chi connectivity index (χ1) is 9.17. The normalized spacial score (nSPS) is 11.9. The van der Waals surface area contributed by atoms with Crippen LogP contribution in [0.15, 0.2) is 24.3 Å². The molecule has 106 valence electrons. The minimum atomic E-state index is -0.405. The van der Waals surface area contributed by atoms with Gasteiger partial charge in [-0.3, -0.25) is 4.79 Å².